The zero-order valence-electron chi connectivity index (χ0n) is 13.9. The summed E-state index contributed by atoms with van der Waals surface area (Å²) < 4.78 is 0. The third-order valence-corrected chi connectivity index (χ3v) is 5.00. The standard InChI is InChI=1S/C18H31N3/c1-4-18(5-2,14-20-17-7-8-17)15-21(6-3)13-16-9-11-19-12-10-16/h9-12,17,20H,4-8,13-15H2,1-3H3. The highest BCUT2D eigenvalue weighted by Crippen LogP contribution is 2.29. The fourth-order valence-electron chi connectivity index (χ4n) is 2.93. The molecule has 0 unspecified atom stereocenters. The predicted octanol–water partition coefficient (Wildman–Crippen LogP) is 3.46. The second-order valence-electron chi connectivity index (χ2n) is 6.52. The van der Waals surface area contributed by atoms with Crippen molar-refractivity contribution in [2.24, 2.45) is 5.41 Å². The molecule has 0 spiro atoms. The number of hydrogen-bond donors (Lipinski definition) is 1. The van der Waals surface area contributed by atoms with Gasteiger partial charge in [0.15, 0.2) is 0 Å². The summed E-state index contributed by atoms with van der Waals surface area (Å²) in [5, 5.41) is 3.76. The summed E-state index contributed by atoms with van der Waals surface area (Å²) in [6.07, 6.45) is 9.03. The van der Waals surface area contributed by atoms with E-state index in [4.69, 9.17) is 0 Å². The fraction of sp³-hybridized carbons (Fsp3) is 0.722. The van der Waals surface area contributed by atoms with E-state index in [1.165, 1.54) is 37.8 Å². The Hall–Kier alpha value is -0.930. The lowest BCUT2D eigenvalue weighted by Gasteiger charge is -2.37. The van der Waals surface area contributed by atoms with Crippen LogP contribution in [0.2, 0.25) is 0 Å². The molecule has 1 saturated carbocycles. The summed E-state index contributed by atoms with van der Waals surface area (Å²) in [4.78, 5) is 6.69. The first kappa shape index (κ1) is 16.4. The van der Waals surface area contributed by atoms with Crippen molar-refractivity contribution in [1.82, 2.24) is 15.2 Å². The quantitative estimate of drug-likeness (QED) is 0.715. The number of nitrogens with one attached hydrogen (secondary N) is 1. The molecule has 118 valence electrons. The Labute approximate surface area is 130 Å². The molecule has 1 aromatic rings. The second kappa shape index (κ2) is 7.90. The predicted molar refractivity (Wildman–Crippen MR) is 89.2 cm³/mol. The maximum absolute atomic E-state index is 4.11. The lowest BCUT2D eigenvalue weighted by atomic mass is 9.81. The van der Waals surface area contributed by atoms with E-state index in [0.717, 1.165) is 25.7 Å². The average molecular weight is 289 g/mol. The van der Waals surface area contributed by atoms with Crippen LogP contribution in [0.15, 0.2) is 24.5 Å². The van der Waals surface area contributed by atoms with Crippen LogP contribution in [0, 0.1) is 5.41 Å². The topological polar surface area (TPSA) is 28.2 Å². The number of nitrogens with zero attached hydrogens (tertiary/aromatic N) is 2. The van der Waals surface area contributed by atoms with Gasteiger partial charge in [0.1, 0.15) is 0 Å². The van der Waals surface area contributed by atoms with Gasteiger partial charge in [-0.25, -0.2) is 0 Å². The molecule has 0 aromatic carbocycles. The Kier molecular flexibility index (Phi) is 6.19. The minimum absolute atomic E-state index is 0.408. The SMILES string of the molecule is CCN(Cc1ccncc1)CC(CC)(CC)CNC1CC1. The Balaban J connectivity index is 1.94. The molecule has 3 nitrogen and oxygen atoms in total. The Morgan fingerprint density at radius 2 is 1.86 bits per heavy atom. The monoisotopic (exact) mass is 289 g/mol. The molecule has 1 aliphatic carbocycles. The van der Waals surface area contributed by atoms with Crippen molar-refractivity contribution in [2.45, 2.75) is 59.0 Å². The normalized spacial score (nSPS) is 15.6. The van der Waals surface area contributed by atoms with Crippen molar-refractivity contribution < 1.29 is 0 Å². The lowest BCUT2D eigenvalue weighted by Crippen LogP contribution is -2.44. The Bertz CT molecular complexity index is 396. The van der Waals surface area contributed by atoms with E-state index < -0.39 is 0 Å². The summed E-state index contributed by atoms with van der Waals surface area (Å²) in [5.74, 6) is 0. The van der Waals surface area contributed by atoms with Gasteiger partial charge in [-0.15, -0.1) is 0 Å². The van der Waals surface area contributed by atoms with Crippen molar-refractivity contribution in [3.63, 3.8) is 0 Å². The van der Waals surface area contributed by atoms with Gasteiger partial charge in [0.25, 0.3) is 0 Å². The molecule has 0 aliphatic heterocycles. The molecule has 1 aliphatic rings. The first-order chi connectivity index (χ1) is 10.2. The molecule has 0 atom stereocenters. The molecular weight excluding hydrogens is 258 g/mol. The molecular formula is C18H31N3. The summed E-state index contributed by atoms with van der Waals surface area (Å²) in [5.41, 5.74) is 1.77. The first-order valence-corrected chi connectivity index (χ1v) is 8.56. The first-order valence-electron chi connectivity index (χ1n) is 8.56. The summed E-state index contributed by atoms with van der Waals surface area (Å²) >= 11 is 0. The smallest absolute Gasteiger partial charge is 0.0271 e. The fourth-order valence-corrected chi connectivity index (χ4v) is 2.93. The summed E-state index contributed by atoms with van der Waals surface area (Å²) in [6.45, 7) is 11.4. The van der Waals surface area contributed by atoms with Crippen LogP contribution in [0.3, 0.4) is 0 Å². The maximum Gasteiger partial charge on any atom is 0.0271 e. The van der Waals surface area contributed by atoms with Crippen LogP contribution in [-0.4, -0.2) is 35.6 Å². The van der Waals surface area contributed by atoms with Gasteiger partial charge in [0, 0.05) is 38.1 Å². The highest BCUT2D eigenvalue weighted by molar-refractivity contribution is 5.09. The van der Waals surface area contributed by atoms with Crippen LogP contribution in [-0.2, 0) is 6.54 Å². The maximum atomic E-state index is 4.11. The van der Waals surface area contributed by atoms with Crippen LogP contribution in [0.4, 0.5) is 0 Å². The molecule has 0 amide bonds. The van der Waals surface area contributed by atoms with Gasteiger partial charge in [0.05, 0.1) is 0 Å². The largest absolute Gasteiger partial charge is 0.313 e. The van der Waals surface area contributed by atoms with Crippen LogP contribution in [0.5, 0.6) is 0 Å². The molecule has 0 radical (unpaired) electrons. The number of pyridine rings is 1. The molecule has 1 fully saturated rings. The van der Waals surface area contributed by atoms with Gasteiger partial charge in [0.2, 0.25) is 0 Å². The zero-order chi connectivity index (χ0) is 15.1. The molecule has 21 heavy (non-hydrogen) atoms. The number of aromatic nitrogens is 1. The van der Waals surface area contributed by atoms with E-state index in [2.05, 4.69) is 48.1 Å². The lowest BCUT2D eigenvalue weighted by molar-refractivity contribution is 0.133. The van der Waals surface area contributed by atoms with Gasteiger partial charge in [-0.2, -0.15) is 0 Å². The van der Waals surface area contributed by atoms with E-state index in [1.54, 1.807) is 0 Å². The number of hydrogen-bond acceptors (Lipinski definition) is 3. The van der Waals surface area contributed by atoms with Gasteiger partial charge in [-0.05, 0) is 55.3 Å². The Morgan fingerprint density at radius 1 is 1.19 bits per heavy atom. The molecule has 1 heterocycles. The van der Waals surface area contributed by atoms with E-state index in [1.807, 2.05) is 12.4 Å². The van der Waals surface area contributed by atoms with E-state index in [0.29, 0.717) is 5.41 Å². The Morgan fingerprint density at radius 3 is 2.38 bits per heavy atom. The minimum atomic E-state index is 0.408. The third kappa shape index (κ3) is 5.08. The molecule has 0 bridgehead atoms. The van der Waals surface area contributed by atoms with Crippen molar-refractivity contribution >= 4 is 0 Å². The summed E-state index contributed by atoms with van der Waals surface area (Å²) in [7, 11) is 0. The van der Waals surface area contributed by atoms with Gasteiger partial charge in [-0.1, -0.05) is 20.8 Å². The van der Waals surface area contributed by atoms with Crippen molar-refractivity contribution in [3.8, 4) is 0 Å². The highest BCUT2D eigenvalue weighted by Gasteiger charge is 2.31. The number of rotatable bonds is 10. The van der Waals surface area contributed by atoms with Crippen LogP contribution < -0.4 is 5.32 Å². The van der Waals surface area contributed by atoms with Crippen LogP contribution in [0.1, 0.15) is 52.0 Å². The van der Waals surface area contributed by atoms with Crippen molar-refractivity contribution in [1.29, 1.82) is 0 Å². The van der Waals surface area contributed by atoms with Gasteiger partial charge in [-0.3, -0.25) is 9.88 Å². The molecule has 0 saturated heterocycles. The molecule has 3 heteroatoms. The van der Waals surface area contributed by atoms with Gasteiger partial charge < -0.3 is 5.32 Å². The van der Waals surface area contributed by atoms with Gasteiger partial charge >= 0.3 is 0 Å². The van der Waals surface area contributed by atoms with E-state index in [9.17, 15) is 0 Å². The van der Waals surface area contributed by atoms with Crippen molar-refractivity contribution in [3.05, 3.63) is 30.1 Å². The second-order valence-corrected chi connectivity index (χ2v) is 6.52. The van der Waals surface area contributed by atoms with Crippen LogP contribution in [0.25, 0.3) is 0 Å². The molecule has 2 rings (SSSR count). The zero-order valence-corrected chi connectivity index (χ0v) is 13.9. The van der Waals surface area contributed by atoms with Crippen molar-refractivity contribution in [2.75, 3.05) is 19.6 Å². The molecule has 1 N–H and O–H groups in total. The van der Waals surface area contributed by atoms with E-state index in [-0.39, 0.29) is 0 Å². The highest BCUT2D eigenvalue weighted by atomic mass is 15.1. The average Bonchev–Trinajstić information content (AvgIpc) is 3.36. The minimum Gasteiger partial charge on any atom is -0.313 e. The third-order valence-electron chi connectivity index (χ3n) is 5.00. The summed E-state index contributed by atoms with van der Waals surface area (Å²) in [6, 6.07) is 5.06. The van der Waals surface area contributed by atoms with E-state index >= 15 is 0 Å². The molecule has 1 aromatic heterocycles. The van der Waals surface area contributed by atoms with Crippen LogP contribution >= 0.6 is 0 Å².